The number of likely N-dealkylation sites (N-methyl/N-ethyl adjacent to an activating group) is 1. The highest BCUT2D eigenvalue weighted by molar-refractivity contribution is 5.83. The topological polar surface area (TPSA) is 47.3 Å². The minimum atomic E-state index is -0.245. The number of carbonyl (C=O) groups excluding carboxylic acids is 1. The lowest BCUT2D eigenvalue weighted by atomic mass is 10.0. The fraction of sp³-hybridized carbons (Fsp3) is 0.818. The van der Waals surface area contributed by atoms with Crippen LogP contribution in [-0.2, 0) is 4.79 Å². The molecule has 0 radical (unpaired) electrons. The molecule has 1 amide bonds. The van der Waals surface area contributed by atoms with E-state index in [1.54, 1.807) is 0 Å². The maximum Gasteiger partial charge on any atom is 0.241 e. The highest BCUT2D eigenvalue weighted by Crippen LogP contribution is 2.17. The van der Waals surface area contributed by atoms with Crippen LogP contribution in [0.15, 0.2) is 0 Å². The van der Waals surface area contributed by atoms with Crippen LogP contribution in [0.2, 0.25) is 0 Å². The third kappa shape index (κ3) is 2.48. The van der Waals surface area contributed by atoms with Crippen molar-refractivity contribution in [3.63, 3.8) is 0 Å². The van der Waals surface area contributed by atoms with Gasteiger partial charge >= 0.3 is 0 Å². The van der Waals surface area contributed by atoms with Gasteiger partial charge in [-0.1, -0.05) is 6.92 Å². The van der Waals surface area contributed by atoms with Gasteiger partial charge in [0, 0.05) is 19.1 Å². The quantitative estimate of drug-likeness (QED) is 0.692. The summed E-state index contributed by atoms with van der Waals surface area (Å²) >= 11 is 0. The van der Waals surface area contributed by atoms with Gasteiger partial charge in [0.05, 0.1) is 12.5 Å². The molecule has 0 aromatic heterocycles. The molecule has 0 bridgehead atoms. The maximum atomic E-state index is 12.0. The Bertz CT molecular complexity index is 271. The number of rotatable bonds is 3. The minimum absolute atomic E-state index is 0.110. The van der Waals surface area contributed by atoms with Crippen LogP contribution in [0, 0.1) is 11.3 Å². The van der Waals surface area contributed by atoms with Crippen LogP contribution in [0.4, 0.5) is 0 Å². The van der Waals surface area contributed by atoms with Crippen molar-refractivity contribution in [1.82, 2.24) is 9.80 Å². The highest BCUT2D eigenvalue weighted by Gasteiger charge is 2.35. The van der Waals surface area contributed by atoms with E-state index in [9.17, 15) is 4.79 Å². The number of piperazine rings is 1. The van der Waals surface area contributed by atoms with Crippen LogP contribution in [-0.4, -0.2) is 47.9 Å². The summed E-state index contributed by atoms with van der Waals surface area (Å²) in [5, 5.41) is 8.71. The summed E-state index contributed by atoms with van der Waals surface area (Å²) in [6.45, 7) is 5.75. The lowest BCUT2D eigenvalue weighted by molar-refractivity contribution is -0.143. The molecule has 1 saturated heterocycles. The van der Waals surface area contributed by atoms with Gasteiger partial charge in [0.2, 0.25) is 5.91 Å². The van der Waals surface area contributed by atoms with Gasteiger partial charge in [0.25, 0.3) is 0 Å². The molecule has 0 N–H and O–H groups in total. The van der Waals surface area contributed by atoms with Gasteiger partial charge in [-0.2, -0.15) is 5.26 Å². The number of nitrogens with zero attached hydrogens (tertiary/aromatic N) is 3. The molecule has 1 heterocycles. The number of hydrogen-bond donors (Lipinski definition) is 0. The van der Waals surface area contributed by atoms with E-state index in [-0.39, 0.29) is 11.9 Å². The molecule has 4 heteroatoms. The molecule has 0 spiro atoms. The van der Waals surface area contributed by atoms with Crippen molar-refractivity contribution in [1.29, 1.82) is 5.26 Å². The second-order valence-corrected chi connectivity index (χ2v) is 4.18. The molecule has 0 saturated carbocycles. The van der Waals surface area contributed by atoms with E-state index in [2.05, 4.69) is 19.9 Å². The third-order valence-corrected chi connectivity index (χ3v) is 3.05. The average molecular weight is 209 g/mol. The molecule has 4 nitrogen and oxygen atoms in total. The monoisotopic (exact) mass is 209 g/mol. The molecule has 1 rings (SSSR count). The predicted octanol–water partition coefficient (Wildman–Crippen LogP) is 0.841. The van der Waals surface area contributed by atoms with E-state index < -0.39 is 0 Å². The summed E-state index contributed by atoms with van der Waals surface area (Å²) in [4.78, 5) is 15.9. The van der Waals surface area contributed by atoms with E-state index in [4.69, 9.17) is 5.26 Å². The van der Waals surface area contributed by atoms with Gasteiger partial charge in [-0.05, 0) is 20.4 Å². The van der Waals surface area contributed by atoms with Crippen LogP contribution >= 0.6 is 0 Å². The largest absolute Gasteiger partial charge is 0.340 e. The Kier molecular flexibility index (Phi) is 4.10. The van der Waals surface area contributed by atoms with Crippen LogP contribution < -0.4 is 0 Å². The molecule has 1 aliphatic rings. The molecule has 15 heavy (non-hydrogen) atoms. The van der Waals surface area contributed by atoms with Crippen LogP contribution in [0.3, 0.4) is 0 Å². The second-order valence-electron chi connectivity index (χ2n) is 4.18. The molecule has 1 fully saturated rings. The summed E-state index contributed by atoms with van der Waals surface area (Å²) < 4.78 is 0. The zero-order valence-corrected chi connectivity index (χ0v) is 9.73. The zero-order chi connectivity index (χ0) is 11.4. The van der Waals surface area contributed by atoms with Crippen molar-refractivity contribution in [3.05, 3.63) is 0 Å². The second kappa shape index (κ2) is 5.13. The van der Waals surface area contributed by atoms with Crippen LogP contribution in [0.5, 0.6) is 0 Å². The minimum Gasteiger partial charge on any atom is -0.340 e. The van der Waals surface area contributed by atoms with E-state index in [0.717, 1.165) is 19.5 Å². The van der Waals surface area contributed by atoms with Crippen LogP contribution in [0.1, 0.15) is 26.7 Å². The molecular weight excluding hydrogens is 190 g/mol. The average Bonchev–Trinajstić information content (AvgIpc) is 2.21. The molecular formula is C11H19N3O. The molecule has 0 aliphatic carbocycles. The van der Waals surface area contributed by atoms with Gasteiger partial charge in [0.15, 0.2) is 0 Å². The Morgan fingerprint density at radius 3 is 2.80 bits per heavy atom. The fourth-order valence-electron chi connectivity index (χ4n) is 2.02. The zero-order valence-electron chi connectivity index (χ0n) is 9.73. The SMILES string of the molecule is CCCN1CC(C)N(C)C(CC#N)C1=O. The predicted molar refractivity (Wildman–Crippen MR) is 58.1 cm³/mol. The Labute approximate surface area is 91.5 Å². The van der Waals surface area contributed by atoms with E-state index >= 15 is 0 Å². The molecule has 2 atom stereocenters. The normalized spacial score (nSPS) is 27.9. The number of hydrogen-bond acceptors (Lipinski definition) is 3. The van der Waals surface area contributed by atoms with Crippen molar-refractivity contribution in [2.24, 2.45) is 0 Å². The van der Waals surface area contributed by atoms with Gasteiger partial charge < -0.3 is 4.90 Å². The first kappa shape index (κ1) is 12.0. The standard InChI is InChI=1S/C11H19N3O/c1-4-7-14-8-9(2)13(3)10(5-6-12)11(14)15/h9-10H,4-5,7-8H2,1-3H3. The third-order valence-electron chi connectivity index (χ3n) is 3.05. The number of nitriles is 1. The fourth-order valence-corrected chi connectivity index (χ4v) is 2.02. The first-order chi connectivity index (χ1) is 7.11. The molecule has 0 aromatic carbocycles. The van der Waals surface area contributed by atoms with Crippen molar-refractivity contribution >= 4 is 5.91 Å². The lowest BCUT2D eigenvalue weighted by Crippen LogP contribution is -2.59. The molecule has 84 valence electrons. The Morgan fingerprint density at radius 1 is 1.60 bits per heavy atom. The first-order valence-corrected chi connectivity index (χ1v) is 5.49. The Hall–Kier alpha value is -1.08. The summed E-state index contributed by atoms with van der Waals surface area (Å²) in [6, 6.07) is 2.19. The summed E-state index contributed by atoms with van der Waals surface area (Å²) in [7, 11) is 1.92. The highest BCUT2D eigenvalue weighted by atomic mass is 16.2. The molecule has 1 aliphatic heterocycles. The van der Waals surface area contributed by atoms with Crippen molar-refractivity contribution in [2.45, 2.75) is 38.8 Å². The Balaban J connectivity index is 2.75. The smallest absolute Gasteiger partial charge is 0.241 e. The van der Waals surface area contributed by atoms with Gasteiger partial charge in [-0.3, -0.25) is 9.69 Å². The molecule has 0 aromatic rings. The Morgan fingerprint density at radius 2 is 2.27 bits per heavy atom. The van der Waals surface area contributed by atoms with Gasteiger partial charge in [0.1, 0.15) is 6.04 Å². The maximum absolute atomic E-state index is 12.0. The summed E-state index contributed by atoms with van der Waals surface area (Å²) in [5.41, 5.74) is 0. The molecule has 2 unspecified atom stereocenters. The van der Waals surface area contributed by atoms with E-state index in [1.165, 1.54) is 0 Å². The number of amides is 1. The first-order valence-electron chi connectivity index (χ1n) is 5.49. The van der Waals surface area contributed by atoms with E-state index in [1.807, 2.05) is 16.8 Å². The van der Waals surface area contributed by atoms with E-state index in [0.29, 0.717) is 12.5 Å². The van der Waals surface area contributed by atoms with Crippen molar-refractivity contribution in [2.75, 3.05) is 20.1 Å². The number of carbonyl (C=O) groups is 1. The van der Waals surface area contributed by atoms with Gasteiger partial charge in [-0.25, -0.2) is 0 Å². The van der Waals surface area contributed by atoms with Crippen molar-refractivity contribution in [3.8, 4) is 6.07 Å². The lowest BCUT2D eigenvalue weighted by Gasteiger charge is -2.42. The van der Waals surface area contributed by atoms with Crippen molar-refractivity contribution < 1.29 is 4.79 Å². The van der Waals surface area contributed by atoms with Crippen LogP contribution in [0.25, 0.3) is 0 Å². The summed E-state index contributed by atoms with van der Waals surface area (Å²) in [5.74, 6) is 0.110. The van der Waals surface area contributed by atoms with Gasteiger partial charge in [-0.15, -0.1) is 0 Å². The summed E-state index contributed by atoms with van der Waals surface area (Å²) in [6.07, 6.45) is 1.27.